The first-order valence-corrected chi connectivity index (χ1v) is 9.09. The fourth-order valence-electron chi connectivity index (χ4n) is 3.01. The Hall–Kier alpha value is -3.97. The predicted octanol–water partition coefficient (Wildman–Crippen LogP) is 5.24. The molecule has 7 nitrogen and oxygen atoms in total. The lowest BCUT2D eigenvalue weighted by molar-refractivity contribution is -0.385. The first-order valence-electron chi connectivity index (χ1n) is 8.72. The summed E-state index contributed by atoms with van der Waals surface area (Å²) in [6.45, 7) is 0. The maximum absolute atomic E-state index is 12.9. The van der Waals surface area contributed by atoms with Crippen molar-refractivity contribution in [2.75, 3.05) is 0 Å². The van der Waals surface area contributed by atoms with Gasteiger partial charge in [0.1, 0.15) is 23.2 Å². The maximum Gasteiger partial charge on any atom is 0.350 e. The van der Waals surface area contributed by atoms with Crippen LogP contribution in [0.15, 0.2) is 82.2 Å². The van der Waals surface area contributed by atoms with Crippen molar-refractivity contribution >= 4 is 34.2 Å². The minimum atomic E-state index is -0.892. The Balaban J connectivity index is 1.69. The highest BCUT2D eigenvalue weighted by Crippen LogP contribution is 2.28. The number of hydrogen-bond acceptors (Lipinski definition) is 6. The van der Waals surface area contributed by atoms with Gasteiger partial charge in [-0.15, -0.1) is 0 Å². The SMILES string of the molecule is O=C(Oc1ccc2c(=O)c(-c3ccccc3Cl)coc2c1)c1ccccc1[N+](=O)[O-]. The van der Waals surface area contributed by atoms with Gasteiger partial charge in [0.15, 0.2) is 0 Å². The molecular formula is C22H12ClNO6. The molecule has 0 aliphatic heterocycles. The Bertz CT molecular complexity index is 1360. The quantitative estimate of drug-likeness (QED) is 0.193. The molecule has 0 saturated heterocycles. The van der Waals surface area contributed by atoms with Crippen LogP contribution in [0.25, 0.3) is 22.1 Å². The second-order valence-electron chi connectivity index (χ2n) is 6.28. The number of carbonyl (C=O) groups is 1. The third kappa shape index (κ3) is 3.54. The van der Waals surface area contributed by atoms with Gasteiger partial charge < -0.3 is 9.15 Å². The molecule has 0 unspecified atom stereocenters. The summed E-state index contributed by atoms with van der Waals surface area (Å²) in [5.74, 6) is -0.809. The summed E-state index contributed by atoms with van der Waals surface area (Å²) in [6, 6.07) is 16.6. The molecule has 0 atom stereocenters. The number of ether oxygens (including phenoxy) is 1. The van der Waals surface area contributed by atoms with E-state index >= 15 is 0 Å². The van der Waals surface area contributed by atoms with Crippen LogP contribution in [0.3, 0.4) is 0 Å². The van der Waals surface area contributed by atoms with Crippen LogP contribution < -0.4 is 10.2 Å². The van der Waals surface area contributed by atoms with Gasteiger partial charge in [-0.25, -0.2) is 4.79 Å². The van der Waals surface area contributed by atoms with Crippen LogP contribution in [0.5, 0.6) is 5.75 Å². The molecule has 0 aliphatic rings. The Morgan fingerprint density at radius 1 is 1.00 bits per heavy atom. The summed E-state index contributed by atoms with van der Waals surface area (Å²) in [7, 11) is 0. The van der Waals surface area contributed by atoms with Gasteiger partial charge in [-0.05, 0) is 24.3 Å². The highest BCUT2D eigenvalue weighted by atomic mass is 35.5. The summed E-state index contributed by atoms with van der Waals surface area (Å²) in [5.41, 5.74) is 0.210. The number of esters is 1. The second-order valence-corrected chi connectivity index (χ2v) is 6.69. The zero-order valence-electron chi connectivity index (χ0n) is 15.2. The van der Waals surface area contributed by atoms with E-state index in [0.717, 1.165) is 0 Å². The Morgan fingerprint density at radius 3 is 2.50 bits per heavy atom. The van der Waals surface area contributed by atoms with Crippen molar-refractivity contribution in [1.29, 1.82) is 0 Å². The van der Waals surface area contributed by atoms with Crippen LogP contribution in [-0.4, -0.2) is 10.9 Å². The molecule has 1 heterocycles. The lowest BCUT2D eigenvalue weighted by Crippen LogP contribution is -2.11. The molecule has 0 saturated carbocycles. The van der Waals surface area contributed by atoms with E-state index in [9.17, 15) is 19.7 Å². The number of benzene rings is 3. The van der Waals surface area contributed by atoms with E-state index in [0.29, 0.717) is 16.1 Å². The number of fused-ring (bicyclic) bond motifs is 1. The van der Waals surface area contributed by atoms with Crippen molar-refractivity contribution in [3.63, 3.8) is 0 Å². The average Bonchev–Trinajstić information content (AvgIpc) is 2.74. The zero-order chi connectivity index (χ0) is 21.3. The molecule has 0 amide bonds. The molecule has 8 heteroatoms. The number of para-hydroxylation sites is 1. The first kappa shape index (κ1) is 19.4. The molecule has 0 fully saturated rings. The van der Waals surface area contributed by atoms with Gasteiger partial charge in [0.05, 0.1) is 15.9 Å². The van der Waals surface area contributed by atoms with Crippen molar-refractivity contribution in [2.24, 2.45) is 0 Å². The Kier molecular flexibility index (Phi) is 5.04. The molecule has 0 N–H and O–H groups in total. The molecule has 3 aromatic carbocycles. The minimum absolute atomic E-state index is 0.0827. The summed E-state index contributed by atoms with van der Waals surface area (Å²) in [6.07, 6.45) is 1.29. The number of nitro benzene ring substituents is 1. The number of nitrogens with zero attached hydrogens (tertiary/aromatic N) is 1. The van der Waals surface area contributed by atoms with E-state index in [4.69, 9.17) is 20.8 Å². The first-order chi connectivity index (χ1) is 14.5. The lowest BCUT2D eigenvalue weighted by Gasteiger charge is -2.07. The van der Waals surface area contributed by atoms with Gasteiger partial charge in [0.25, 0.3) is 5.69 Å². The van der Waals surface area contributed by atoms with Crippen LogP contribution in [0, 0.1) is 10.1 Å². The third-order valence-electron chi connectivity index (χ3n) is 4.44. The van der Waals surface area contributed by atoms with Gasteiger partial charge in [-0.2, -0.15) is 0 Å². The summed E-state index contributed by atoms with van der Waals surface area (Å²) in [4.78, 5) is 35.7. The number of hydrogen-bond donors (Lipinski definition) is 0. The van der Waals surface area contributed by atoms with E-state index in [1.54, 1.807) is 24.3 Å². The second kappa shape index (κ2) is 7.81. The number of carbonyl (C=O) groups excluding carboxylic acids is 1. The van der Waals surface area contributed by atoms with Crippen LogP contribution in [0.2, 0.25) is 5.02 Å². The highest BCUT2D eigenvalue weighted by molar-refractivity contribution is 6.33. The molecule has 4 aromatic rings. The summed E-state index contributed by atoms with van der Waals surface area (Å²) >= 11 is 6.17. The third-order valence-corrected chi connectivity index (χ3v) is 4.77. The number of nitro groups is 1. The Morgan fingerprint density at radius 2 is 1.73 bits per heavy atom. The van der Waals surface area contributed by atoms with Crippen LogP contribution in [-0.2, 0) is 0 Å². The normalized spacial score (nSPS) is 10.7. The van der Waals surface area contributed by atoms with Crippen molar-refractivity contribution in [3.05, 3.63) is 104 Å². The molecule has 0 spiro atoms. The fourth-order valence-corrected chi connectivity index (χ4v) is 3.24. The monoisotopic (exact) mass is 421 g/mol. The zero-order valence-corrected chi connectivity index (χ0v) is 16.0. The van der Waals surface area contributed by atoms with E-state index in [2.05, 4.69) is 0 Å². The van der Waals surface area contributed by atoms with Crippen molar-refractivity contribution in [2.45, 2.75) is 0 Å². The molecule has 1 aromatic heterocycles. The van der Waals surface area contributed by atoms with Crippen LogP contribution in [0.1, 0.15) is 10.4 Å². The summed E-state index contributed by atoms with van der Waals surface area (Å²) in [5, 5.41) is 11.8. The smallest absolute Gasteiger partial charge is 0.350 e. The maximum atomic E-state index is 12.9. The molecule has 0 aliphatic carbocycles. The number of rotatable bonds is 4. The summed E-state index contributed by atoms with van der Waals surface area (Å²) < 4.78 is 10.8. The topological polar surface area (TPSA) is 99.7 Å². The molecule has 4 rings (SSSR count). The molecule has 148 valence electrons. The van der Waals surface area contributed by atoms with E-state index in [1.807, 2.05) is 0 Å². The molecule has 30 heavy (non-hydrogen) atoms. The van der Waals surface area contributed by atoms with Gasteiger partial charge in [0, 0.05) is 22.7 Å². The molecule has 0 bridgehead atoms. The van der Waals surface area contributed by atoms with Gasteiger partial charge >= 0.3 is 5.97 Å². The van der Waals surface area contributed by atoms with E-state index in [1.165, 1.54) is 48.7 Å². The van der Waals surface area contributed by atoms with Crippen molar-refractivity contribution in [1.82, 2.24) is 0 Å². The molecular weight excluding hydrogens is 410 g/mol. The van der Waals surface area contributed by atoms with Crippen LogP contribution in [0.4, 0.5) is 5.69 Å². The lowest BCUT2D eigenvalue weighted by atomic mass is 10.1. The van der Waals surface area contributed by atoms with Crippen LogP contribution >= 0.6 is 11.6 Å². The standard InChI is InChI=1S/C22H12ClNO6/c23-18-7-3-1-5-14(18)17-12-29-20-11-13(9-10-16(20)21(17)25)30-22(26)15-6-2-4-8-19(15)24(27)28/h1-12H. The highest BCUT2D eigenvalue weighted by Gasteiger charge is 2.21. The fraction of sp³-hybridized carbons (Fsp3) is 0. The van der Waals surface area contributed by atoms with Gasteiger partial charge in [-0.3, -0.25) is 14.9 Å². The minimum Gasteiger partial charge on any atom is -0.463 e. The molecule has 0 radical (unpaired) electrons. The van der Waals surface area contributed by atoms with Gasteiger partial charge in [0.2, 0.25) is 5.43 Å². The largest absolute Gasteiger partial charge is 0.463 e. The van der Waals surface area contributed by atoms with Crippen molar-refractivity contribution < 1.29 is 18.9 Å². The predicted molar refractivity (Wildman–Crippen MR) is 111 cm³/mol. The van der Waals surface area contributed by atoms with E-state index < -0.39 is 10.9 Å². The number of halogens is 1. The van der Waals surface area contributed by atoms with Gasteiger partial charge in [-0.1, -0.05) is 41.9 Å². The Labute approximate surface area is 174 Å². The average molecular weight is 422 g/mol. The van der Waals surface area contributed by atoms with Crippen molar-refractivity contribution in [3.8, 4) is 16.9 Å². The van der Waals surface area contributed by atoms with E-state index in [-0.39, 0.29) is 33.4 Å².